The molecule has 0 heterocycles. The Morgan fingerprint density at radius 3 is 2.11 bits per heavy atom. The predicted molar refractivity (Wildman–Crippen MR) is 116 cm³/mol. The van der Waals surface area contributed by atoms with Gasteiger partial charge < -0.3 is 10.1 Å². The molecule has 28 heavy (non-hydrogen) atoms. The number of hydrogen-bond donors (Lipinski definition) is 1. The van der Waals surface area contributed by atoms with Crippen LogP contribution in [0.2, 0.25) is 0 Å². The van der Waals surface area contributed by atoms with Crippen LogP contribution in [0, 0.1) is 5.92 Å². The van der Waals surface area contributed by atoms with Gasteiger partial charge in [-0.25, -0.2) is 0 Å². The van der Waals surface area contributed by atoms with Crippen molar-refractivity contribution in [2.45, 2.75) is 64.2 Å². The number of benzene rings is 2. The molecule has 2 aromatic carbocycles. The van der Waals surface area contributed by atoms with E-state index in [1.54, 1.807) is 7.11 Å². The lowest BCUT2D eigenvalue weighted by atomic mass is 9.77. The van der Waals surface area contributed by atoms with Gasteiger partial charge in [-0.3, -0.25) is 4.79 Å². The van der Waals surface area contributed by atoms with E-state index in [1.165, 1.54) is 11.1 Å². The molecule has 0 aliphatic heterocycles. The van der Waals surface area contributed by atoms with Crippen LogP contribution in [0.25, 0.3) is 0 Å². The van der Waals surface area contributed by atoms with Crippen molar-refractivity contribution >= 4 is 11.6 Å². The SMILES string of the molecule is COc1ccc([C@H]2CC[C@@H](CC(=O)Nc3ccc(C(C)(C)C)cc3)CC2)cc1. The van der Waals surface area contributed by atoms with Crippen molar-refractivity contribution in [1.29, 1.82) is 0 Å². The van der Waals surface area contributed by atoms with Gasteiger partial charge in [0.05, 0.1) is 7.11 Å². The van der Waals surface area contributed by atoms with Crippen molar-refractivity contribution in [2.75, 3.05) is 12.4 Å². The molecule has 0 radical (unpaired) electrons. The molecule has 1 aliphatic rings. The summed E-state index contributed by atoms with van der Waals surface area (Å²) in [7, 11) is 1.70. The molecule has 1 N–H and O–H groups in total. The van der Waals surface area contributed by atoms with E-state index in [0.29, 0.717) is 18.3 Å². The summed E-state index contributed by atoms with van der Waals surface area (Å²) in [5.74, 6) is 2.14. The molecule has 3 rings (SSSR count). The average Bonchev–Trinajstić information content (AvgIpc) is 2.68. The lowest BCUT2D eigenvalue weighted by molar-refractivity contribution is -0.117. The molecule has 0 aromatic heterocycles. The summed E-state index contributed by atoms with van der Waals surface area (Å²) in [5, 5.41) is 3.07. The zero-order chi connectivity index (χ0) is 20.1. The molecule has 150 valence electrons. The van der Waals surface area contributed by atoms with Crippen LogP contribution >= 0.6 is 0 Å². The van der Waals surface area contributed by atoms with Crippen molar-refractivity contribution in [3.63, 3.8) is 0 Å². The first kappa shape index (κ1) is 20.4. The third-order valence-corrected chi connectivity index (χ3v) is 5.94. The van der Waals surface area contributed by atoms with Gasteiger partial charge in [0, 0.05) is 12.1 Å². The van der Waals surface area contributed by atoms with E-state index in [0.717, 1.165) is 37.1 Å². The van der Waals surface area contributed by atoms with Crippen LogP contribution in [0.5, 0.6) is 5.75 Å². The number of nitrogens with one attached hydrogen (secondary N) is 1. The maximum absolute atomic E-state index is 12.5. The fourth-order valence-electron chi connectivity index (χ4n) is 4.10. The van der Waals surface area contributed by atoms with Gasteiger partial charge in [0.2, 0.25) is 5.91 Å². The Bertz CT molecular complexity index is 764. The molecule has 1 aliphatic carbocycles. The number of anilines is 1. The van der Waals surface area contributed by atoms with Crippen molar-refractivity contribution in [2.24, 2.45) is 5.92 Å². The molecule has 3 nitrogen and oxygen atoms in total. The van der Waals surface area contributed by atoms with Crippen LogP contribution in [-0.4, -0.2) is 13.0 Å². The summed E-state index contributed by atoms with van der Waals surface area (Å²) in [4.78, 5) is 12.5. The van der Waals surface area contributed by atoms with Crippen molar-refractivity contribution in [3.8, 4) is 5.75 Å². The van der Waals surface area contributed by atoms with Crippen LogP contribution in [0.15, 0.2) is 48.5 Å². The highest BCUT2D eigenvalue weighted by molar-refractivity contribution is 5.90. The molecule has 0 saturated heterocycles. The third kappa shape index (κ3) is 5.37. The van der Waals surface area contributed by atoms with Crippen LogP contribution in [0.3, 0.4) is 0 Å². The Morgan fingerprint density at radius 1 is 0.964 bits per heavy atom. The largest absolute Gasteiger partial charge is 0.497 e. The molecule has 0 atom stereocenters. The summed E-state index contributed by atoms with van der Waals surface area (Å²) < 4.78 is 5.24. The second-order valence-corrected chi connectivity index (χ2v) is 9.07. The zero-order valence-electron chi connectivity index (χ0n) is 17.6. The maximum Gasteiger partial charge on any atom is 0.224 e. The van der Waals surface area contributed by atoms with E-state index >= 15 is 0 Å². The number of ether oxygens (including phenoxy) is 1. The quantitative estimate of drug-likeness (QED) is 0.662. The summed E-state index contributed by atoms with van der Waals surface area (Å²) in [5.41, 5.74) is 3.69. The highest BCUT2D eigenvalue weighted by Crippen LogP contribution is 2.37. The van der Waals surface area contributed by atoms with E-state index in [9.17, 15) is 4.79 Å². The molecule has 1 fully saturated rings. The number of carbonyl (C=O) groups excluding carboxylic acids is 1. The minimum absolute atomic E-state index is 0.130. The summed E-state index contributed by atoms with van der Waals surface area (Å²) in [6, 6.07) is 16.7. The van der Waals surface area contributed by atoms with Crippen LogP contribution in [0.4, 0.5) is 5.69 Å². The molecule has 1 saturated carbocycles. The van der Waals surface area contributed by atoms with E-state index < -0.39 is 0 Å². The fourth-order valence-corrected chi connectivity index (χ4v) is 4.10. The number of rotatable bonds is 5. The lowest BCUT2D eigenvalue weighted by Crippen LogP contribution is -2.20. The Balaban J connectivity index is 1.47. The zero-order valence-corrected chi connectivity index (χ0v) is 17.6. The second-order valence-electron chi connectivity index (χ2n) is 9.07. The van der Waals surface area contributed by atoms with Gasteiger partial charge >= 0.3 is 0 Å². The third-order valence-electron chi connectivity index (χ3n) is 5.94. The topological polar surface area (TPSA) is 38.3 Å². The molecule has 0 unspecified atom stereocenters. The van der Waals surface area contributed by atoms with Gasteiger partial charge in [0.1, 0.15) is 5.75 Å². The van der Waals surface area contributed by atoms with Crippen LogP contribution in [0.1, 0.15) is 69.9 Å². The first-order valence-corrected chi connectivity index (χ1v) is 10.4. The van der Waals surface area contributed by atoms with Gasteiger partial charge in [-0.05, 0) is 78.3 Å². The first-order chi connectivity index (χ1) is 13.3. The molecule has 3 heteroatoms. The van der Waals surface area contributed by atoms with Gasteiger partial charge in [0.15, 0.2) is 0 Å². The van der Waals surface area contributed by atoms with Crippen molar-refractivity contribution in [1.82, 2.24) is 0 Å². The highest BCUT2D eigenvalue weighted by Gasteiger charge is 2.24. The Hall–Kier alpha value is -2.29. The van der Waals surface area contributed by atoms with Crippen molar-refractivity contribution < 1.29 is 9.53 Å². The highest BCUT2D eigenvalue weighted by atomic mass is 16.5. The summed E-state index contributed by atoms with van der Waals surface area (Å²) >= 11 is 0. The van der Waals surface area contributed by atoms with E-state index in [1.807, 2.05) is 24.3 Å². The average molecular weight is 380 g/mol. The van der Waals surface area contributed by atoms with Gasteiger partial charge in [-0.15, -0.1) is 0 Å². The van der Waals surface area contributed by atoms with E-state index in [2.05, 4.69) is 50.4 Å². The molecule has 1 amide bonds. The molecular weight excluding hydrogens is 346 g/mol. The monoisotopic (exact) mass is 379 g/mol. The summed E-state index contributed by atoms with van der Waals surface area (Å²) in [6.07, 6.45) is 5.17. The fraction of sp³-hybridized carbons (Fsp3) is 0.480. The molecule has 0 bridgehead atoms. The van der Waals surface area contributed by atoms with Crippen molar-refractivity contribution in [3.05, 3.63) is 59.7 Å². The summed E-state index contributed by atoms with van der Waals surface area (Å²) in [6.45, 7) is 6.59. The predicted octanol–water partition coefficient (Wildman–Crippen LogP) is 6.30. The van der Waals surface area contributed by atoms with E-state index in [4.69, 9.17) is 4.74 Å². The maximum atomic E-state index is 12.5. The molecule has 2 aromatic rings. The lowest BCUT2D eigenvalue weighted by Gasteiger charge is -2.28. The molecule has 0 spiro atoms. The van der Waals surface area contributed by atoms with Crippen LogP contribution in [-0.2, 0) is 10.2 Å². The van der Waals surface area contributed by atoms with Gasteiger partial charge in [-0.2, -0.15) is 0 Å². The molecular formula is C25H33NO2. The standard InChI is InChI=1S/C25H33NO2/c1-25(2,3)21-11-13-22(14-12-21)26-24(27)17-18-5-7-19(8-6-18)20-9-15-23(28-4)16-10-20/h9-16,18-19H,5-8,17H2,1-4H3,(H,26,27)/t18-,19+. The Labute approximate surface area is 169 Å². The Morgan fingerprint density at radius 2 is 1.57 bits per heavy atom. The minimum atomic E-state index is 0.130. The second kappa shape index (κ2) is 8.81. The first-order valence-electron chi connectivity index (χ1n) is 10.4. The number of amides is 1. The smallest absolute Gasteiger partial charge is 0.224 e. The number of hydrogen-bond acceptors (Lipinski definition) is 2. The van der Waals surface area contributed by atoms with E-state index in [-0.39, 0.29) is 11.3 Å². The minimum Gasteiger partial charge on any atom is -0.497 e. The van der Waals surface area contributed by atoms with Gasteiger partial charge in [0.25, 0.3) is 0 Å². The Kier molecular flexibility index (Phi) is 6.43. The number of carbonyl (C=O) groups is 1. The van der Waals surface area contributed by atoms with Crippen LogP contribution < -0.4 is 10.1 Å². The number of methoxy groups -OCH3 is 1. The van der Waals surface area contributed by atoms with Gasteiger partial charge in [-0.1, -0.05) is 45.0 Å². The normalized spacial score (nSPS) is 19.9.